The smallest absolute Gasteiger partial charge is 0.269 e. The van der Waals surface area contributed by atoms with E-state index in [-0.39, 0.29) is 24.0 Å². The number of nitrogens with zero attached hydrogens (tertiary/aromatic N) is 5. The SMILES string of the molecule is Nc1nc(-c2ccccc2)cc(N2CCN(C(=O)Cc3ccc([N+](=O)[O-])cc3)CC2)n1. The molecule has 0 aliphatic carbocycles. The number of hydrogen-bond donors (Lipinski definition) is 1. The van der Waals surface area contributed by atoms with Crippen LogP contribution in [0.25, 0.3) is 11.3 Å². The second-order valence-corrected chi connectivity index (χ2v) is 7.30. The molecule has 9 heteroatoms. The Morgan fingerprint density at radius 1 is 1.00 bits per heavy atom. The topological polar surface area (TPSA) is 118 Å². The number of nitro benzene ring substituents is 1. The lowest BCUT2D eigenvalue weighted by molar-refractivity contribution is -0.384. The van der Waals surface area contributed by atoms with Crippen LogP contribution in [0.5, 0.6) is 0 Å². The Bertz CT molecular complexity index is 1080. The fourth-order valence-electron chi connectivity index (χ4n) is 3.58. The van der Waals surface area contributed by atoms with Crippen LogP contribution in [0.15, 0.2) is 60.7 Å². The summed E-state index contributed by atoms with van der Waals surface area (Å²) in [4.78, 5) is 35.6. The second-order valence-electron chi connectivity index (χ2n) is 7.30. The van der Waals surface area contributed by atoms with Crippen molar-refractivity contribution in [2.24, 2.45) is 0 Å². The fourth-order valence-corrected chi connectivity index (χ4v) is 3.58. The largest absolute Gasteiger partial charge is 0.368 e. The number of non-ortho nitro benzene ring substituents is 1. The van der Waals surface area contributed by atoms with Gasteiger partial charge in [0.25, 0.3) is 5.69 Å². The van der Waals surface area contributed by atoms with Crippen molar-refractivity contribution < 1.29 is 9.72 Å². The van der Waals surface area contributed by atoms with E-state index in [0.29, 0.717) is 26.2 Å². The number of carbonyl (C=O) groups excluding carboxylic acids is 1. The van der Waals surface area contributed by atoms with Gasteiger partial charge in [0.2, 0.25) is 11.9 Å². The molecule has 1 saturated heterocycles. The van der Waals surface area contributed by atoms with Gasteiger partial charge in [-0.25, -0.2) is 4.98 Å². The second kappa shape index (κ2) is 8.78. The highest BCUT2D eigenvalue weighted by Gasteiger charge is 2.23. The van der Waals surface area contributed by atoms with Crippen LogP contribution in [-0.2, 0) is 11.2 Å². The Morgan fingerprint density at radius 2 is 1.68 bits per heavy atom. The van der Waals surface area contributed by atoms with Crippen molar-refractivity contribution in [3.8, 4) is 11.3 Å². The van der Waals surface area contributed by atoms with Crippen LogP contribution in [0, 0.1) is 10.1 Å². The fraction of sp³-hybridized carbons (Fsp3) is 0.227. The van der Waals surface area contributed by atoms with Crippen LogP contribution in [0.3, 0.4) is 0 Å². The van der Waals surface area contributed by atoms with E-state index in [1.54, 1.807) is 17.0 Å². The zero-order valence-electron chi connectivity index (χ0n) is 16.8. The lowest BCUT2D eigenvalue weighted by Crippen LogP contribution is -2.49. The Kier molecular flexibility index (Phi) is 5.74. The van der Waals surface area contributed by atoms with Gasteiger partial charge in [0, 0.05) is 49.9 Å². The monoisotopic (exact) mass is 418 g/mol. The third-order valence-electron chi connectivity index (χ3n) is 5.26. The number of aromatic nitrogens is 2. The van der Waals surface area contributed by atoms with Gasteiger partial charge in [-0.3, -0.25) is 14.9 Å². The van der Waals surface area contributed by atoms with Crippen LogP contribution in [0.4, 0.5) is 17.5 Å². The number of rotatable bonds is 5. The minimum Gasteiger partial charge on any atom is -0.368 e. The van der Waals surface area contributed by atoms with E-state index in [1.807, 2.05) is 36.4 Å². The minimum atomic E-state index is -0.450. The lowest BCUT2D eigenvalue weighted by Gasteiger charge is -2.35. The molecule has 0 radical (unpaired) electrons. The first-order chi connectivity index (χ1) is 15.0. The molecule has 0 spiro atoms. The van der Waals surface area contributed by atoms with Gasteiger partial charge in [-0.1, -0.05) is 42.5 Å². The summed E-state index contributed by atoms with van der Waals surface area (Å²) in [6.07, 6.45) is 0.219. The molecule has 2 heterocycles. The quantitative estimate of drug-likeness (QED) is 0.499. The standard InChI is InChI=1S/C22H22N6O3/c23-22-24-19(17-4-2-1-3-5-17)15-20(25-22)26-10-12-27(13-11-26)21(29)14-16-6-8-18(9-7-16)28(30)31/h1-9,15H,10-14H2,(H2,23,24,25). The van der Waals surface area contributed by atoms with Crippen LogP contribution < -0.4 is 10.6 Å². The van der Waals surface area contributed by atoms with E-state index in [9.17, 15) is 14.9 Å². The molecule has 1 fully saturated rings. The van der Waals surface area contributed by atoms with Crippen molar-refractivity contribution in [2.75, 3.05) is 36.8 Å². The zero-order valence-corrected chi connectivity index (χ0v) is 16.8. The Hall–Kier alpha value is -4.01. The number of benzene rings is 2. The molecule has 1 aliphatic heterocycles. The van der Waals surface area contributed by atoms with Crippen molar-refractivity contribution in [1.29, 1.82) is 0 Å². The summed E-state index contributed by atoms with van der Waals surface area (Å²) >= 11 is 0. The summed E-state index contributed by atoms with van der Waals surface area (Å²) in [6.45, 7) is 2.40. The van der Waals surface area contributed by atoms with E-state index >= 15 is 0 Å². The van der Waals surface area contributed by atoms with E-state index in [1.165, 1.54) is 12.1 Å². The van der Waals surface area contributed by atoms with Gasteiger partial charge in [-0.15, -0.1) is 0 Å². The maximum absolute atomic E-state index is 12.7. The Labute approximate surface area is 179 Å². The first-order valence-electron chi connectivity index (χ1n) is 9.95. The maximum Gasteiger partial charge on any atom is 0.269 e. The summed E-state index contributed by atoms with van der Waals surface area (Å²) in [6, 6.07) is 17.8. The molecule has 31 heavy (non-hydrogen) atoms. The highest BCUT2D eigenvalue weighted by Crippen LogP contribution is 2.23. The van der Waals surface area contributed by atoms with E-state index in [2.05, 4.69) is 14.9 Å². The average molecular weight is 418 g/mol. The Morgan fingerprint density at radius 3 is 2.32 bits per heavy atom. The highest BCUT2D eigenvalue weighted by atomic mass is 16.6. The third-order valence-corrected chi connectivity index (χ3v) is 5.26. The third kappa shape index (κ3) is 4.77. The van der Waals surface area contributed by atoms with Gasteiger partial charge in [-0.05, 0) is 5.56 Å². The molecule has 2 aromatic carbocycles. The molecule has 158 valence electrons. The van der Waals surface area contributed by atoms with Crippen LogP contribution in [-0.4, -0.2) is 51.9 Å². The summed E-state index contributed by atoms with van der Waals surface area (Å²) < 4.78 is 0. The predicted molar refractivity (Wildman–Crippen MR) is 117 cm³/mol. The first-order valence-corrected chi connectivity index (χ1v) is 9.95. The lowest BCUT2D eigenvalue weighted by atomic mass is 10.1. The number of nitro groups is 1. The molecule has 3 aromatic rings. The molecule has 0 unspecified atom stereocenters. The number of piperazine rings is 1. The van der Waals surface area contributed by atoms with Gasteiger partial charge in [0.05, 0.1) is 17.0 Å². The van der Waals surface area contributed by atoms with Crippen molar-refractivity contribution in [2.45, 2.75) is 6.42 Å². The number of nitrogen functional groups attached to an aromatic ring is 1. The van der Waals surface area contributed by atoms with E-state index in [4.69, 9.17) is 5.73 Å². The minimum absolute atomic E-state index is 0.000629. The molecule has 1 aliphatic rings. The number of anilines is 2. The number of amides is 1. The molecular weight excluding hydrogens is 396 g/mol. The summed E-state index contributed by atoms with van der Waals surface area (Å²) in [5.41, 5.74) is 8.45. The number of nitrogens with two attached hydrogens (primary N) is 1. The Balaban J connectivity index is 1.39. The van der Waals surface area contributed by atoms with Gasteiger partial charge in [0.15, 0.2) is 0 Å². The van der Waals surface area contributed by atoms with E-state index in [0.717, 1.165) is 22.6 Å². The predicted octanol–water partition coefficient (Wildman–Crippen LogP) is 2.53. The highest BCUT2D eigenvalue weighted by molar-refractivity contribution is 5.79. The molecule has 1 amide bonds. The molecule has 4 rings (SSSR count). The van der Waals surface area contributed by atoms with Gasteiger partial charge < -0.3 is 15.5 Å². The molecular formula is C22H22N6O3. The van der Waals surface area contributed by atoms with Crippen molar-refractivity contribution in [3.63, 3.8) is 0 Å². The van der Waals surface area contributed by atoms with Crippen LogP contribution >= 0.6 is 0 Å². The normalized spacial score (nSPS) is 13.8. The summed E-state index contributed by atoms with van der Waals surface area (Å²) in [5.74, 6) is 0.961. The molecule has 2 N–H and O–H groups in total. The molecule has 1 aromatic heterocycles. The molecule has 0 atom stereocenters. The van der Waals surface area contributed by atoms with Gasteiger partial charge in [0.1, 0.15) is 5.82 Å². The summed E-state index contributed by atoms with van der Waals surface area (Å²) in [5, 5.41) is 10.8. The molecule has 9 nitrogen and oxygen atoms in total. The van der Waals surface area contributed by atoms with Crippen LogP contribution in [0.2, 0.25) is 0 Å². The number of hydrogen-bond acceptors (Lipinski definition) is 7. The maximum atomic E-state index is 12.7. The van der Waals surface area contributed by atoms with Crippen LogP contribution in [0.1, 0.15) is 5.56 Å². The van der Waals surface area contributed by atoms with Crippen molar-refractivity contribution in [3.05, 3.63) is 76.3 Å². The van der Waals surface area contributed by atoms with Crippen molar-refractivity contribution in [1.82, 2.24) is 14.9 Å². The average Bonchev–Trinajstić information content (AvgIpc) is 2.79. The van der Waals surface area contributed by atoms with Gasteiger partial charge in [-0.2, -0.15) is 4.98 Å². The first kappa shape index (κ1) is 20.3. The van der Waals surface area contributed by atoms with Gasteiger partial charge >= 0.3 is 0 Å². The molecule has 0 saturated carbocycles. The molecule has 0 bridgehead atoms. The van der Waals surface area contributed by atoms with Crippen molar-refractivity contribution >= 4 is 23.4 Å². The zero-order chi connectivity index (χ0) is 21.8. The van der Waals surface area contributed by atoms with E-state index < -0.39 is 4.92 Å². The summed E-state index contributed by atoms with van der Waals surface area (Å²) in [7, 11) is 0. The number of carbonyl (C=O) groups is 1.